The molecule has 0 saturated heterocycles. The number of aliphatic hydroxyl groups is 1. The lowest BCUT2D eigenvalue weighted by atomic mass is 10.0. The van der Waals surface area contributed by atoms with Crippen molar-refractivity contribution in [3.8, 4) is 0 Å². The minimum Gasteiger partial charge on any atom is -0.391 e. The standard InChI is InChI=1S/C9H18N4O3S/c1-6(14)9(2,3)12-17(15,16)7-5-13(4)11-8(7)10/h5-6,12,14H,1-4H3,(H2,10,11). The van der Waals surface area contributed by atoms with Gasteiger partial charge in [-0.1, -0.05) is 0 Å². The van der Waals surface area contributed by atoms with Gasteiger partial charge in [0, 0.05) is 13.2 Å². The Morgan fingerprint density at radius 3 is 2.47 bits per heavy atom. The topological polar surface area (TPSA) is 110 Å². The number of aliphatic hydroxyl groups excluding tert-OH is 1. The molecule has 0 aromatic carbocycles. The molecule has 17 heavy (non-hydrogen) atoms. The normalized spacial score (nSPS) is 14.9. The van der Waals surface area contributed by atoms with E-state index >= 15 is 0 Å². The zero-order chi connectivity index (χ0) is 13.4. The summed E-state index contributed by atoms with van der Waals surface area (Å²) in [5.74, 6) is -0.0682. The molecule has 98 valence electrons. The van der Waals surface area contributed by atoms with E-state index in [1.54, 1.807) is 20.9 Å². The third kappa shape index (κ3) is 2.96. The van der Waals surface area contributed by atoms with Crippen LogP contribution in [0, 0.1) is 0 Å². The van der Waals surface area contributed by atoms with E-state index in [9.17, 15) is 13.5 Å². The predicted octanol–water partition coefficient (Wildman–Crippen LogP) is -0.560. The molecule has 1 atom stereocenters. The SMILES string of the molecule is CC(O)C(C)(C)NS(=O)(=O)c1cn(C)nc1N. The summed E-state index contributed by atoms with van der Waals surface area (Å²) in [4.78, 5) is -0.0891. The zero-order valence-electron chi connectivity index (χ0n) is 10.3. The average molecular weight is 262 g/mol. The molecule has 1 aromatic heterocycles. The third-order valence-electron chi connectivity index (χ3n) is 2.55. The van der Waals surface area contributed by atoms with E-state index in [1.165, 1.54) is 17.8 Å². The average Bonchev–Trinajstić information content (AvgIpc) is 2.43. The quantitative estimate of drug-likeness (QED) is 0.673. The summed E-state index contributed by atoms with van der Waals surface area (Å²) in [5.41, 5.74) is 4.52. The van der Waals surface area contributed by atoms with E-state index in [2.05, 4.69) is 9.82 Å². The van der Waals surface area contributed by atoms with Crippen molar-refractivity contribution in [2.75, 3.05) is 5.73 Å². The number of nitrogens with one attached hydrogen (secondary N) is 1. The van der Waals surface area contributed by atoms with Crippen molar-refractivity contribution >= 4 is 15.8 Å². The fraction of sp³-hybridized carbons (Fsp3) is 0.667. The van der Waals surface area contributed by atoms with Crippen LogP contribution in [0.5, 0.6) is 0 Å². The van der Waals surface area contributed by atoms with Gasteiger partial charge in [0.1, 0.15) is 4.90 Å². The zero-order valence-corrected chi connectivity index (χ0v) is 11.1. The second-order valence-electron chi connectivity index (χ2n) is 4.56. The second-order valence-corrected chi connectivity index (χ2v) is 6.21. The minimum atomic E-state index is -3.79. The molecule has 4 N–H and O–H groups in total. The lowest BCUT2D eigenvalue weighted by molar-refractivity contribution is 0.111. The first-order chi connectivity index (χ1) is 7.56. The van der Waals surface area contributed by atoms with Crippen molar-refractivity contribution in [3.63, 3.8) is 0 Å². The fourth-order valence-corrected chi connectivity index (χ4v) is 2.76. The van der Waals surface area contributed by atoms with Crippen LogP contribution in [-0.4, -0.2) is 34.9 Å². The molecule has 0 bridgehead atoms. The molecule has 0 fully saturated rings. The molecule has 0 amide bonds. The van der Waals surface area contributed by atoms with Gasteiger partial charge in [0.15, 0.2) is 5.82 Å². The number of sulfonamides is 1. The number of nitrogens with zero attached hydrogens (tertiary/aromatic N) is 2. The summed E-state index contributed by atoms with van der Waals surface area (Å²) in [6.07, 6.45) is 0.477. The molecular formula is C9H18N4O3S. The molecule has 1 aromatic rings. The highest BCUT2D eigenvalue weighted by molar-refractivity contribution is 7.89. The molecule has 1 unspecified atom stereocenters. The van der Waals surface area contributed by atoms with Gasteiger partial charge in [0.25, 0.3) is 0 Å². The first-order valence-corrected chi connectivity index (χ1v) is 6.56. The number of nitrogens with two attached hydrogens (primary N) is 1. The van der Waals surface area contributed by atoms with Crippen molar-refractivity contribution < 1.29 is 13.5 Å². The molecule has 0 aliphatic heterocycles. The van der Waals surface area contributed by atoms with Gasteiger partial charge in [0.2, 0.25) is 10.0 Å². The monoisotopic (exact) mass is 262 g/mol. The highest BCUT2D eigenvalue weighted by atomic mass is 32.2. The van der Waals surface area contributed by atoms with Crippen LogP contribution in [0.3, 0.4) is 0 Å². The number of hydrogen-bond donors (Lipinski definition) is 3. The first kappa shape index (κ1) is 13.9. The summed E-state index contributed by atoms with van der Waals surface area (Å²) in [5, 5.41) is 13.3. The smallest absolute Gasteiger partial charge is 0.246 e. The maximum atomic E-state index is 12.0. The number of aryl methyl sites for hydroxylation is 1. The van der Waals surface area contributed by atoms with Crippen LogP contribution in [-0.2, 0) is 17.1 Å². The number of hydrogen-bond acceptors (Lipinski definition) is 5. The van der Waals surface area contributed by atoms with E-state index in [-0.39, 0.29) is 10.7 Å². The maximum Gasteiger partial charge on any atom is 0.246 e. The van der Waals surface area contributed by atoms with Gasteiger partial charge in [-0.15, -0.1) is 0 Å². The van der Waals surface area contributed by atoms with Crippen molar-refractivity contribution in [2.45, 2.75) is 37.3 Å². The summed E-state index contributed by atoms with van der Waals surface area (Å²) < 4.78 is 27.8. The molecule has 7 nitrogen and oxygen atoms in total. The van der Waals surface area contributed by atoms with Crippen LogP contribution in [0.1, 0.15) is 20.8 Å². The molecule has 0 radical (unpaired) electrons. The molecule has 8 heteroatoms. The summed E-state index contributed by atoms with van der Waals surface area (Å²) in [7, 11) is -2.21. The van der Waals surface area contributed by atoms with Crippen LogP contribution < -0.4 is 10.5 Å². The Morgan fingerprint density at radius 2 is 2.12 bits per heavy atom. The van der Waals surface area contributed by atoms with Crippen molar-refractivity contribution in [3.05, 3.63) is 6.20 Å². The number of anilines is 1. The van der Waals surface area contributed by atoms with Gasteiger partial charge in [-0.05, 0) is 20.8 Å². The molecular weight excluding hydrogens is 244 g/mol. The van der Waals surface area contributed by atoms with Gasteiger partial charge >= 0.3 is 0 Å². The highest BCUT2D eigenvalue weighted by Crippen LogP contribution is 2.19. The van der Waals surface area contributed by atoms with E-state index in [0.29, 0.717) is 0 Å². The van der Waals surface area contributed by atoms with Crippen molar-refractivity contribution in [1.29, 1.82) is 0 Å². The van der Waals surface area contributed by atoms with Crippen LogP contribution in [0.2, 0.25) is 0 Å². The summed E-state index contributed by atoms with van der Waals surface area (Å²) in [6.45, 7) is 4.68. The van der Waals surface area contributed by atoms with Crippen molar-refractivity contribution in [2.24, 2.45) is 7.05 Å². The maximum absolute atomic E-state index is 12.0. The number of nitrogen functional groups attached to an aromatic ring is 1. The summed E-state index contributed by atoms with van der Waals surface area (Å²) in [6, 6.07) is 0. The molecule has 0 saturated carbocycles. The van der Waals surface area contributed by atoms with Crippen LogP contribution in [0.4, 0.5) is 5.82 Å². The third-order valence-corrected chi connectivity index (χ3v) is 4.24. The minimum absolute atomic E-state index is 0.0682. The molecule has 0 aliphatic rings. The summed E-state index contributed by atoms with van der Waals surface area (Å²) >= 11 is 0. The van der Waals surface area contributed by atoms with Gasteiger partial charge in [-0.3, -0.25) is 4.68 Å². The largest absolute Gasteiger partial charge is 0.391 e. The fourth-order valence-electron chi connectivity index (χ4n) is 1.18. The second kappa shape index (κ2) is 4.28. The Bertz CT molecular complexity index is 504. The molecule has 1 heterocycles. The van der Waals surface area contributed by atoms with Crippen molar-refractivity contribution in [1.82, 2.24) is 14.5 Å². The van der Waals surface area contributed by atoms with E-state index in [4.69, 9.17) is 5.73 Å². The van der Waals surface area contributed by atoms with E-state index in [1.807, 2.05) is 0 Å². The van der Waals surface area contributed by atoms with Gasteiger partial charge in [0.05, 0.1) is 11.6 Å². The van der Waals surface area contributed by atoms with Gasteiger partial charge in [-0.2, -0.15) is 5.10 Å². The Balaban J connectivity index is 3.10. The lowest BCUT2D eigenvalue weighted by Gasteiger charge is -2.28. The Hall–Kier alpha value is -1.12. The van der Waals surface area contributed by atoms with Crippen LogP contribution in [0.15, 0.2) is 11.1 Å². The molecule has 1 rings (SSSR count). The Kier molecular flexibility index (Phi) is 3.51. The number of aromatic nitrogens is 2. The molecule has 0 aliphatic carbocycles. The van der Waals surface area contributed by atoms with E-state index < -0.39 is 21.7 Å². The highest BCUT2D eigenvalue weighted by Gasteiger charge is 2.32. The Morgan fingerprint density at radius 1 is 1.59 bits per heavy atom. The van der Waals surface area contributed by atoms with Crippen LogP contribution in [0.25, 0.3) is 0 Å². The Labute approximate surface area is 101 Å². The van der Waals surface area contributed by atoms with Crippen LogP contribution >= 0.6 is 0 Å². The molecule has 0 spiro atoms. The number of rotatable bonds is 4. The predicted molar refractivity (Wildman–Crippen MR) is 63.7 cm³/mol. The lowest BCUT2D eigenvalue weighted by Crippen LogP contribution is -2.50. The van der Waals surface area contributed by atoms with Gasteiger partial charge in [-0.25, -0.2) is 13.1 Å². The van der Waals surface area contributed by atoms with Gasteiger partial charge < -0.3 is 10.8 Å². The van der Waals surface area contributed by atoms with E-state index in [0.717, 1.165) is 0 Å². The first-order valence-electron chi connectivity index (χ1n) is 5.07.